The standard InChI is InChI=1S/C28H32N8O4/c1-6-36-24(38)17-12-13-20(31-21(17)27(36,2)3)32-26-29-14-18(23-34-25(35-40-23)28(4,5)39)22(33-26)30-19(15-37)16-10-8-7-9-11-16/h7-14,19,37,39H,6,15H2,1-5H3,(H2,29,30,31,32,33)/t19-/m1/s1. The van der Waals surface area contributed by atoms with Gasteiger partial charge in [0, 0.05) is 12.7 Å². The van der Waals surface area contributed by atoms with Gasteiger partial charge in [-0.1, -0.05) is 35.5 Å². The van der Waals surface area contributed by atoms with Crippen LogP contribution < -0.4 is 10.6 Å². The fourth-order valence-electron chi connectivity index (χ4n) is 4.72. The SMILES string of the molecule is CCN1C(=O)c2ccc(Nc3ncc(-c4nc(C(C)(C)O)no4)c(N[C@H](CO)c4ccccc4)n3)nc2C1(C)C. The predicted octanol–water partition coefficient (Wildman–Crippen LogP) is 3.75. The van der Waals surface area contributed by atoms with Crippen molar-refractivity contribution in [2.75, 3.05) is 23.8 Å². The molecule has 0 radical (unpaired) electrons. The van der Waals surface area contributed by atoms with Gasteiger partial charge < -0.3 is 30.3 Å². The molecule has 5 rings (SSSR count). The summed E-state index contributed by atoms with van der Waals surface area (Å²) in [5.74, 6) is 1.18. The minimum atomic E-state index is -1.31. The van der Waals surface area contributed by atoms with E-state index >= 15 is 0 Å². The zero-order valence-electron chi connectivity index (χ0n) is 23.0. The molecule has 1 aliphatic heterocycles. The predicted molar refractivity (Wildman–Crippen MR) is 148 cm³/mol. The number of carbonyl (C=O) groups is 1. The van der Waals surface area contributed by atoms with Crippen LogP contribution in [0.2, 0.25) is 0 Å². The van der Waals surface area contributed by atoms with Crippen LogP contribution in [-0.2, 0) is 11.1 Å². The van der Waals surface area contributed by atoms with Crippen molar-refractivity contribution in [1.82, 2.24) is 30.0 Å². The Balaban J connectivity index is 1.51. The summed E-state index contributed by atoms with van der Waals surface area (Å²) in [4.78, 5) is 32.8. The summed E-state index contributed by atoms with van der Waals surface area (Å²) in [5, 5.41) is 30.8. The first-order valence-electron chi connectivity index (χ1n) is 13.0. The van der Waals surface area contributed by atoms with Gasteiger partial charge in [-0.05, 0) is 52.3 Å². The Kier molecular flexibility index (Phi) is 6.98. The molecule has 1 amide bonds. The molecule has 40 heavy (non-hydrogen) atoms. The highest BCUT2D eigenvalue weighted by Gasteiger charge is 2.43. The second kappa shape index (κ2) is 10.3. The van der Waals surface area contributed by atoms with Crippen LogP contribution >= 0.6 is 0 Å². The van der Waals surface area contributed by atoms with Crippen LogP contribution in [0.5, 0.6) is 0 Å². The van der Waals surface area contributed by atoms with E-state index in [9.17, 15) is 15.0 Å². The van der Waals surface area contributed by atoms with Crippen LogP contribution in [0.15, 0.2) is 53.2 Å². The fourth-order valence-corrected chi connectivity index (χ4v) is 4.72. The van der Waals surface area contributed by atoms with Gasteiger partial charge in [0.2, 0.25) is 11.8 Å². The highest BCUT2D eigenvalue weighted by molar-refractivity contribution is 5.99. The van der Waals surface area contributed by atoms with Crippen molar-refractivity contribution in [3.05, 3.63) is 71.3 Å². The van der Waals surface area contributed by atoms with Crippen LogP contribution in [0.1, 0.15) is 68.1 Å². The number of fused-ring (bicyclic) bond motifs is 1. The smallest absolute Gasteiger partial charge is 0.263 e. The molecule has 1 aromatic carbocycles. The Morgan fingerprint density at radius 3 is 2.48 bits per heavy atom. The van der Waals surface area contributed by atoms with Crippen molar-refractivity contribution >= 4 is 23.5 Å². The van der Waals surface area contributed by atoms with Gasteiger partial charge in [-0.25, -0.2) is 9.97 Å². The number of hydrogen-bond acceptors (Lipinski definition) is 11. The van der Waals surface area contributed by atoms with E-state index < -0.39 is 17.2 Å². The number of amides is 1. The summed E-state index contributed by atoms with van der Waals surface area (Å²) in [5.41, 5.74) is 0.611. The van der Waals surface area contributed by atoms with Gasteiger partial charge in [0.05, 0.1) is 29.4 Å². The summed E-state index contributed by atoms with van der Waals surface area (Å²) in [6, 6.07) is 12.4. The molecule has 0 saturated heterocycles. The first kappa shape index (κ1) is 27.2. The van der Waals surface area contributed by atoms with Gasteiger partial charge in [0.25, 0.3) is 11.8 Å². The number of aliphatic hydroxyl groups excluding tert-OH is 1. The van der Waals surface area contributed by atoms with Crippen LogP contribution in [0.4, 0.5) is 17.6 Å². The van der Waals surface area contributed by atoms with Crippen molar-refractivity contribution in [2.24, 2.45) is 0 Å². The van der Waals surface area contributed by atoms with Crippen LogP contribution in [0, 0.1) is 0 Å². The van der Waals surface area contributed by atoms with E-state index in [1.807, 2.05) is 51.1 Å². The Hall–Kier alpha value is -4.42. The Labute approximate surface area is 231 Å². The van der Waals surface area contributed by atoms with Crippen LogP contribution in [-0.4, -0.2) is 59.3 Å². The first-order valence-corrected chi connectivity index (χ1v) is 13.0. The van der Waals surface area contributed by atoms with Crippen LogP contribution in [0.3, 0.4) is 0 Å². The molecule has 3 aromatic heterocycles. The van der Waals surface area contributed by atoms with Crippen LogP contribution in [0.25, 0.3) is 11.5 Å². The second-order valence-electron chi connectivity index (χ2n) is 10.6. The van der Waals surface area contributed by atoms with E-state index in [1.54, 1.807) is 30.9 Å². The van der Waals surface area contributed by atoms with Crippen molar-refractivity contribution < 1.29 is 19.5 Å². The third kappa shape index (κ3) is 4.98. The van der Waals surface area contributed by atoms with E-state index in [0.717, 1.165) is 5.56 Å². The molecular weight excluding hydrogens is 512 g/mol. The van der Waals surface area contributed by atoms with Gasteiger partial charge in [0.1, 0.15) is 22.8 Å². The summed E-state index contributed by atoms with van der Waals surface area (Å²) < 4.78 is 5.43. The summed E-state index contributed by atoms with van der Waals surface area (Å²) >= 11 is 0. The van der Waals surface area contributed by atoms with E-state index in [-0.39, 0.29) is 30.2 Å². The van der Waals surface area contributed by atoms with E-state index in [1.165, 1.54) is 6.20 Å². The number of rotatable bonds is 9. The van der Waals surface area contributed by atoms with Crippen molar-refractivity contribution in [3.8, 4) is 11.5 Å². The largest absolute Gasteiger partial charge is 0.394 e. The van der Waals surface area contributed by atoms with Crippen molar-refractivity contribution in [2.45, 2.75) is 51.8 Å². The quantitative estimate of drug-likeness (QED) is 0.243. The van der Waals surface area contributed by atoms with E-state index in [4.69, 9.17) is 9.51 Å². The lowest BCUT2D eigenvalue weighted by atomic mass is 9.99. The molecule has 0 spiro atoms. The number of pyridine rings is 1. The molecule has 4 aromatic rings. The maximum absolute atomic E-state index is 12.8. The molecule has 0 aliphatic carbocycles. The number of carbonyl (C=O) groups excluding carboxylic acids is 1. The lowest BCUT2D eigenvalue weighted by Gasteiger charge is -2.30. The summed E-state index contributed by atoms with van der Waals surface area (Å²) in [6.07, 6.45) is 1.51. The van der Waals surface area contributed by atoms with Gasteiger partial charge in [-0.15, -0.1) is 0 Å². The molecule has 208 valence electrons. The van der Waals surface area contributed by atoms with Gasteiger partial charge in [0.15, 0.2) is 0 Å². The Morgan fingerprint density at radius 2 is 1.82 bits per heavy atom. The minimum Gasteiger partial charge on any atom is -0.394 e. The normalized spacial score (nSPS) is 15.2. The lowest BCUT2D eigenvalue weighted by molar-refractivity contribution is 0.0629. The lowest BCUT2D eigenvalue weighted by Crippen LogP contribution is -2.39. The van der Waals surface area contributed by atoms with E-state index in [2.05, 4.69) is 30.7 Å². The number of aliphatic hydroxyl groups is 2. The third-order valence-corrected chi connectivity index (χ3v) is 6.87. The highest BCUT2D eigenvalue weighted by atomic mass is 16.5. The number of benzene rings is 1. The molecular formula is C28H32N8O4. The molecule has 12 nitrogen and oxygen atoms in total. The average Bonchev–Trinajstić information content (AvgIpc) is 3.49. The number of nitrogens with zero attached hydrogens (tertiary/aromatic N) is 6. The number of hydrogen-bond donors (Lipinski definition) is 4. The summed E-state index contributed by atoms with van der Waals surface area (Å²) in [7, 11) is 0. The monoisotopic (exact) mass is 544 g/mol. The minimum absolute atomic E-state index is 0.0467. The van der Waals surface area contributed by atoms with Gasteiger partial charge >= 0.3 is 0 Å². The number of nitrogens with one attached hydrogen (secondary N) is 2. The zero-order chi connectivity index (χ0) is 28.7. The van der Waals surface area contributed by atoms with Crippen molar-refractivity contribution in [3.63, 3.8) is 0 Å². The Bertz CT molecular complexity index is 1530. The number of anilines is 3. The Morgan fingerprint density at radius 1 is 1.07 bits per heavy atom. The molecule has 0 saturated carbocycles. The van der Waals surface area contributed by atoms with Crippen molar-refractivity contribution in [1.29, 1.82) is 0 Å². The molecule has 0 fully saturated rings. The maximum atomic E-state index is 12.8. The average molecular weight is 545 g/mol. The second-order valence-corrected chi connectivity index (χ2v) is 10.6. The number of aromatic nitrogens is 5. The molecule has 4 heterocycles. The zero-order valence-corrected chi connectivity index (χ0v) is 23.0. The summed E-state index contributed by atoms with van der Waals surface area (Å²) in [6.45, 7) is 9.35. The van der Waals surface area contributed by atoms with Gasteiger partial charge in [-0.3, -0.25) is 4.79 Å². The molecule has 0 unspecified atom stereocenters. The molecule has 12 heteroatoms. The van der Waals surface area contributed by atoms with E-state index in [0.29, 0.717) is 35.0 Å². The fraction of sp³-hybridized carbons (Fsp3) is 0.357. The highest BCUT2D eigenvalue weighted by Crippen LogP contribution is 2.38. The topological polar surface area (TPSA) is 162 Å². The molecule has 4 N–H and O–H groups in total. The molecule has 1 aliphatic rings. The maximum Gasteiger partial charge on any atom is 0.263 e. The molecule has 0 bridgehead atoms. The van der Waals surface area contributed by atoms with Gasteiger partial charge in [-0.2, -0.15) is 9.97 Å². The third-order valence-electron chi connectivity index (χ3n) is 6.87. The first-order chi connectivity index (χ1) is 19.0. The molecule has 1 atom stereocenters.